The first kappa shape index (κ1) is 31.1. The van der Waals surface area contributed by atoms with Gasteiger partial charge in [0.2, 0.25) is 0 Å². The molecule has 4 amide bonds. The van der Waals surface area contributed by atoms with E-state index in [1.54, 1.807) is 74.5 Å². The first-order valence-electron chi connectivity index (χ1n) is 12.9. The van der Waals surface area contributed by atoms with Gasteiger partial charge in [0.15, 0.2) is 0 Å². The summed E-state index contributed by atoms with van der Waals surface area (Å²) in [5, 5.41) is 5.06. The van der Waals surface area contributed by atoms with Crippen LogP contribution in [-0.2, 0) is 20.0 Å². The predicted molar refractivity (Wildman–Crippen MR) is 163 cm³/mol. The minimum Gasteiger partial charge on any atom is -0.457 e. The van der Waals surface area contributed by atoms with Crippen molar-refractivity contribution < 1.29 is 31.2 Å². The molecule has 224 valence electrons. The van der Waals surface area contributed by atoms with Crippen molar-refractivity contribution >= 4 is 43.5 Å². The Morgan fingerprint density at radius 3 is 1.21 bits per heavy atom. The molecule has 43 heavy (non-hydrogen) atoms. The molecule has 0 saturated carbocycles. The van der Waals surface area contributed by atoms with E-state index in [1.165, 1.54) is 24.3 Å². The van der Waals surface area contributed by atoms with Crippen LogP contribution in [0.4, 0.5) is 21.0 Å². The Hall–Kier alpha value is -4.88. The Labute approximate surface area is 250 Å². The summed E-state index contributed by atoms with van der Waals surface area (Å²) in [7, 11) is -8.09. The number of nitrogens with one attached hydrogen (secondary N) is 4. The van der Waals surface area contributed by atoms with Gasteiger partial charge in [0.05, 0.1) is 9.79 Å². The zero-order valence-corrected chi connectivity index (χ0v) is 25.4. The molecule has 0 aliphatic carbocycles. The molecular formula is C30H30N4O7S2. The average molecular weight is 623 g/mol. The highest BCUT2D eigenvalue weighted by Crippen LogP contribution is 2.29. The van der Waals surface area contributed by atoms with E-state index in [2.05, 4.69) is 10.6 Å². The number of hydrogen-bond donors (Lipinski definition) is 4. The van der Waals surface area contributed by atoms with E-state index < -0.39 is 32.1 Å². The standard InChI is InChI=1S/C30H30N4O7S2/c1-19-5-11-25(12-6-19)42(37,38)33-29(35)31-27-15-9-23(17-21(27)3)41-24-10-16-28(22(4)18-24)32-30(36)34-43(39,40)26-13-7-20(2)8-14-26/h5-18H,1-4H3,(H2,31,33,35)(H2,32,34,36). The number of aryl methyl sites for hydroxylation is 4. The van der Waals surface area contributed by atoms with Crippen LogP contribution < -0.4 is 24.8 Å². The van der Waals surface area contributed by atoms with Crippen molar-refractivity contribution in [2.45, 2.75) is 37.5 Å². The third-order valence-corrected chi connectivity index (χ3v) is 8.94. The number of urea groups is 2. The molecule has 0 heterocycles. The minimum atomic E-state index is -4.04. The molecule has 0 aromatic heterocycles. The number of hydrogen-bond acceptors (Lipinski definition) is 7. The van der Waals surface area contributed by atoms with Crippen LogP contribution in [0, 0.1) is 27.7 Å². The summed E-state index contributed by atoms with van der Waals surface area (Å²) in [6, 6.07) is 20.1. The Kier molecular flexibility index (Phi) is 9.07. The molecule has 0 saturated heterocycles. The fraction of sp³-hybridized carbons (Fsp3) is 0.133. The smallest absolute Gasteiger partial charge is 0.333 e. The third kappa shape index (κ3) is 8.11. The van der Waals surface area contributed by atoms with Gasteiger partial charge in [-0.25, -0.2) is 35.9 Å². The average Bonchev–Trinajstić information content (AvgIpc) is 2.92. The molecule has 0 bridgehead atoms. The van der Waals surface area contributed by atoms with Crippen molar-refractivity contribution in [1.82, 2.24) is 9.44 Å². The molecule has 13 heteroatoms. The van der Waals surface area contributed by atoms with Crippen LogP contribution in [0.2, 0.25) is 0 Å². The molecule has 4 N–H and O–H groups in total. The number of ether oxygens (including phenoxy) is 1. The number of carbonyl (C=O) groups excluding carboxylic acids is 2. The fourth-order valence-electron chi connectivity index (χ4n) is 3.91. The third-order valence-electron chi connectivity index (χ3n) is 6.24. The second-order valence-corrected chi connectivity index (χ2v) is 13.2. The van der Waals surface area contributed by atoms with Gasteiger partial charge in [-0.15, -0.1) is 0 Å². The number of sulfonamides is 2. The van der Waals surface area contributed by atoms with E-state index in [0.29, 0.717) is 34.0 Å². The summed E-state index contributed by atoms with van der Waals surface area (Å²) >= 11 is 0. The maximum Gasteiger partial charge on any atom is 0.333 e. The monoisotopic (exact) mass is 622 g/mol. The number of anilines is 2. The maximum absolute atomic E-state index is 12.5. The maximum atomic E-state index is 12.5. The Morgan fingerprint density at radius 2 is 0.884 bits per heavy atom. The molecule has 11 nitrogen and oxygen atoms in total. The van der Waals surface area contributed by atoms with Gasteiger partial charge in [-0.2, -0.15) is 0 Å². The Morgan fingerprint density at radius 1 is 0.535 bits per heavy atom. The van der Waals surface area contributed by atoms with Crippen LogP contribution in [-0.4, -0.2) is 28.9 Å². The summed E-state index contributed by atoms with van der Waals surface area (Å²) in [6.07, 6.45) is 0. The first-order chi connectivity index (χ1) is 20.2. The van der Waals surface area contributed by atoms with Crippen LogP contribution in [0.5, 0.6) is 11.5 Å². The second kappa shape index (κ2) is 12.5. The number of rotatable bonds is 8. The van der Waals surface area contributed by atoms with Gasteiger partial charge in [-0.05, 0) is 99.5 Å². The molecule has 0 atom stereocenters. The molecule has 0 fully saturated rings. The molecule has 0 unspecified atom stereocenters. The van der Waals surface area contributed by atoms with Crippen molar-refractivity contribution in [2.75, 3.05) is 10.6 Å². The molecule has 0 aliphatic rings. The fourth-order valence-corrected chi connectivity index (χ4v) is 5.72. The molecular weight excluding hydrogens is 592 g/mol. The lowest BCUT2D eigenvalue weighted by Crippen LogP contribution is -2.34. The van der Waals surface area contributed by atoms with E-state index in [-0.39, 0.29) is 9.79 Å². The molecule has 0 aliphatic heterocycles. The zero-order valence-electron chi connectivity index (χ0n) is 23.8. The summed E-state index contributed by atoms with van der Waals surface area (Å²) in [5.74, 6) is 0.885. The summed E-state index contributed by atoms with van der Waals surface area (Å²) in [5.41, 5.74) is 3.76. The highest BCUT2D eigenvalue weighted by Gasteiger charge is 2.19. The number of amides is 4. The molecule has 0 spiro atoms. The van der Waals surface area contributed by atoms with Crippen molar-refractivity contribution in [3.05, 3.63) is 107 Å². The van der Waals surface area contributed by atoms with Crippen molar-refractivity contribution in [1.29, 1.82) is 0 Å². The number of benzene rings is 4. The SMILES string of the molecule is Cc1ccc(S(=O)(=O)NC(=O)Nc2ccc(Oc3ccc(NC(=O)NS(=O)(=O)c4ccc(C)cc4)c(C)c3)cc2C)cc1. The summed E-state index contributed by atoms with van der Waals surface area (Å²) in [6.45, 7) is 7.09. The van der Waals surface area contributed by atoms with Gasteiger partial charge in [0, 0.05) is 11.4 Å². The van der Waals surface area contributed by atoms with Gasteiger partial charge in [-0.3, -0.25) is 0 Å². The van der Waals surface area contributed by atoms with Crippen molar-refractivity contribution in [3.8, 4) is 11.5 Å². The highest BCUT2D eigenvalue weighted by molar-refractivity contribution is 7.90. The van der Waals surface area contributed by atoms with E-state index in [0.717, 1.165) is 11.1 Å². The van der Waals surface area contributed by atoms with E-state index in [1.807, 2.05) is 23.3 Å². The molecule has 0 radical (unpaired) electrons. The lowest BCUT2D eigenvalue weighted by Gasteiger charge is -2.14. The van der Waals surface area contributed by atoms with Crippen LogP contribution in [0.25, 0.3) is 0 Å². The minimum absolute atomic E-state index is 0.0295. The Balaban J connectivity index is 1.36. The van der Waals surface area contributed by atoms with Gasteiger partial charge < -0.3 is 15.4 Å². The van der Waals surface area contributed by atoms with Crippen LogP contribution in [0.3, 0.4) is 0 Å². The summed E-state index contributed by atoms with van der Waals surface area (Å²) in [4.78, 5) is 24.7. The summed E-state index contributed by atoms with van der Waals surface area (Å²) < 4.78 is 59.8. The largest absolute Gasteiger partial charge is 0.457 e. The van der Waals surface area contributed by atoms with E-state index >= 15 is 0 Å². The van der Waals surface area contributed by atoms with Gasteiger partial charge in [-0.1, -0.05) is 35.4 Å². The van der Waals surface area contributed by atoms with Gasteiger partial charge in [0.1, 0.15) is 11.5 Å². The quantitative estimate of drug-likeness (QED) is 0.195. The topological polar surface area (TPSA) is 160 Å². The molecule has 4 aromatic carbocycles. The lowest BCUT2D eigenvalue weighted by atomic mass is 10.1. The van der Waals surface area contributed by atoms with Crippen LogP contribution >= 0.6 is 0 Å². The first-order valence-corrected chi connectivity index (χ1v) is 15.9. The van der Waals surface area contributed by atoms with E-state index in [9.17, 15) is 26.4 Å². The highest BCUT2D eigenvalue weighted by atomic mass is 32.2. The number of carbonyl (C=O) groups is 2. The van der Waals surface area contributed by atoms with Crippen molar-refractivity contribution in [3.63, 3.8) is 0 Å². The van der Waals surface area contributed by atoms with Crippen LogP contribution in [0.1, 0.15) is 22.3 Å². The van der Waals surface area contributed by atoms with Gasteiger partial charge >= 0.3 is 12.1 Å². The Bertz CT molecular complexity index is 1750. The van der Waals surface area contributed by atoms with E-state index in [4.69, 9.17) is 4.74 Å². The zero-order chi connectivity index (χ0) is 31.4. The predicted octanol–water partition coefficient (Wildman–Crippen LogP) is 5.73. The molecule has 4 rings (SSSR count). The van der Waals surface area contributed by atoms with Crippen LogP contribution in [0.15, 0.2) is 94.7 Å². The van der Waals surface area contributed by atoms with Crippen molar-refractivity contribution in [2.24, 2.45) is 0 Å². The molecule has 4 aromatic rings. The normalized spacial score (nSPS) is 11.3. The van der Waals surface area contributed by atoms with Gasteiger partial charge in [0.25, 0.3) is 20.0 Å². The lowest BCUT2D eigenvalue weighted by molar-refractivity contribution is 0.255. The second-order valence-electron chi connectivity index (χ2n) is 9.80.